The van der Waals surface area contributed by atoms with Gasteiger partial charge in [0.2, 0.25) is 5.95 Å². The van der Waals surface area contributed by atoms with Gasteiger partial charge < -0.3 is 10.6 Å². The van der Waals surface area contributed by atoms with E-state index < -0.39 is 17.5 Å². The quantitative estimate of drug-likeness (QED) is 0.843. The largest absolute Gasteiger partial charge is 0.350 e. The smallest absolute Gasteiger partial charge is 0.244 e. The summed E-state index contributed by atoms with van der Waals surface area (Å²) in [5.41, 5.74) is -0.221. The summed E-state index contributed by atoms with van der Waals surface area (Å²) in [5.74, 6) is -3.59. The lowest BCUT2D eigenvalue weighted by atomic mass is 10.3. The van der Waals surface area contributed by atoms with E-state index in [9.17, 15) is 13.2 Å². The summed E-state index contributed by atoms with van der Waals surface area (Å²) < 4.78 is 39.4. The molecule has 0 aliphatic heterocycles. The highest BCUT2D eigenvalue weighted by Gasteiger charge is 2.22. The fourth-order valence-corrected chi connectivity index (χ4v) is 1.60. The van der Waals surface area contributed by atoms with Gasteiger partial charge in [-0.05, 0) is 25.0 Å². The predicted molar refractivity (Wildman–Crippen MR) is 66.1 cm³/mol. The Morgan fingerprint density at radius 2 is 1.90 bits per heavy atom. The first kappa shape index (κ1) is 12.6. The molecule has 0 radical (unpaired) electrons. The molecule has 20 heavy (non-hydrogen) atoms. The van der Waals surface area contributed by atoms with Gasteiger partial charge in [-0.1, -0.05) is 0 Å². The molecule has 0 unspecified atom stereocenters. The molecule has 1 aromatic carbocycles. The topological polar surface area (TPSA) is 62.7 Å². The van der Waals surface area contributed by atoms with E-state index in [0.717, 1.165) is 25.0 Å². The lowest BCUT2D eigenvalue weighted by Crippen LogP contribution is -2.08. The second-order valence-electron chi connectivity index (χ2n) is 4.43. The number of halogens is 3. The molecule has 1 aromatic heterocycles. The van der Waals surface area contributed by atoms with Crippen LogP contribution in [0.2, 0.25) is 0 Å². The minimum absolute atomic E-state index is 0.188. The highest BCUT2D eigenvalue weighted by molar-refractivity contribution is 5.57. The van der Waals surface area contributed by atoms with E-state index in [1.54, 1.807) is 0 Å². The van der Waals surface area contributed by atoms with Crippen LogP contribution in [0.15, 0.2) is 18.3 Å². The van der Waals surface area contributed by atoms with Crippen LogP contribution in [0.5, 0.6) is 0 Å². The Bertz CT molecular complexity index is 645. The van der Waals surface area contributed by atoms with Crippen LogP contribution in [0.4, 0.5) is 30.6 Å². The second kappa shape index (κ2) is 4.95. The first-order chi connectivity index (χ1) is 9.63. The molecule has 8 heteroatoms. The normalized spacial score (nSPS) is 14.2. The van der Waals surface area contributed by atoms with Crippen LogP contribution in [0.3, 0.4) is 0 Å². The SMILES string of the molecule is Fc1ccc(Nc2cnnc(NC3CC3)n2)c(F)c1F. The molecule has 0 amide bonds. The third-order valence-corrected chi connectivity index (χ3v) is 2.77. The summed E-state index contributed by atoms with van der Waals surface area (Å²) in [4.78, 5) is 4.06. The zero-order valence-electron chi connectivity index (χ0n) is 10.2. The van der Waals surface area contributed by atoms with Crippen LogP contribution >= 0.6 is 0 Å². The van der Waals surface area contributed by atoms with E-state index in [0.29, 0.717) is 12.0 Å². The van der Waals surface area contributed by atoms with Gasteiger partial charge >= 0.3 is 0 Å². The predicted octanol–water partition coefficient (Wildman–Crippen LogP) is 2.61. The number of nitrogens with one attached hydrogen (secondary N) is 2. The molecule has 5 nitrogen and oxygen atoms in total. The molecule has 0 spiro atoms. The van der Waals surface area contributed by atoms with Crippen molar-refractivity contribution in [1.29, 1.82) is 0 Å². The van der Waals surface area contributed by atoms with Crippen molar-refractivity contribution in [3.8, 4) is 0 Å². The average Bonchev–Trinajstić information content (AvgIpc) is 3.24. The van der Waals surface area contributed by atoms with Crippen molar-refractivity contribution >= 4 is 17.5 Å². The minimum Gasteiger partial charge on any atom is -0.350 e. The zero-order chi connectivity index (χ0) is 14.1. The Balaban J connectivity index is 1.81. The van der Waals surface area contributed by atoms with Crippen molar-refractivity contribution in [3.05, 3.63) is 35.8 Å². The average molecular weight is 281 g/mol. The van der Waals surface area contributed by atoms with Crippen molar-refractivity contribution in [1.82, 2.24) is 15.2 Å². The van der Waals surface area contributed by atoms with Crippen molar-refractivity contribution < 1.29 is 13.2 Å². The van der Waals surface area contributed by atoms with Gasteiger partial charge in [0.15, 0.2) is 23.3 Å². The number of hydrogen-bond acceptors (Lipinski definition) is 5. The van der Waals surface area contributed by atoms with Crippen LogP contribution in [0.25, 0.3) is 0 Å². The number of anilines is 3. The summed E-state index contributed by atoms with van der Waals surface area (Å²) in [6.45, 7) is 0. The van der Waals surface area contributed by atoms with E-state index in [2.05, 4.69) is 25.8 Å². The van der Waals surface area contributed by atoms with Gasteiger partial charge in [0.25, 0.3) is 0 Å². The lowest BCUT2D eigenvalue weighted by Gasteiger charge is -2.08. The highest BCUT2D eigenvalue weighted by Crippen LogP contribution is 2.24. The Hall–Kier alpha value is -2.38. The molecule has 1 saturated carbocycles. The first-order valence-corrected chi connectivity index (χ1v) is 6.00. The van der Waals surface area contributed by atoms with Gasteiger partial charge in [-0.15, -0.1) is 5.10 Å². The molecule has 2 N–H and O–H groups in total. The van der Waals surface area contributed by atoms with E-state index >= 15 is 0 Å². The van der Waals surface area contributed by atoms with Gasteiger partial charge in [-0.2, -0.15) is 10.1 Å². The van der Waals surface area contributed by atoms with Gasteiger partial charge in [0.1, 0.15) is 0 Å². The van der Waals surface area contributed by atoms with Crippen LogP contribution in [0, 0.1) is 17.5 Å². The monoisotopic (exact) mass is 281 g/mol. The molecule has 2 aromatic rings. The van der Waals surface area contributed by atoms with Gasteiger partial charge in [0.05, 0.1) is 11.9 Å². The minimum atomic E-state index is -1.53. The molecule has 1 aliphatic rings. The maximum absolute atomic E-state index is 13.5. The summed E-state index contributed by atoms with van der Waals surface area (Å²) in [7, 11) is 0. The van der Waals surface area contributed by atoms with Crippen molar-refractivity contribution in [2.24, 2.45) is 0 Å². The molecule has 104 valence electrons. The molecule has 0 atom stereocenters. The summed E-state index contributed by atoms with van der Waals surface area (Å²) >= 11 is 0. The maximum atomic E-state index is 13.5. The highest BCUT2D eigenvalue weighted by atomic mass is 19.2. The molecule has 1 heterocycles. The molecule has 1 aliphatic carbocycles. The fraction of sp³-hybridized carbons (Fsp3) is 0.250. The van der Waals surface area contributed by atoms with Gasteiger partial charge in [-0.25, -0.2) is 13.2 Å². The van der Waals surface area contributed by atoms with E-state index in [4.69, 9.17) is 0 Å². The number of nitrogens with zero attached hydrogens (tertiary/aromatic N) is 3. The summed E-state index contributed by atoms with van der Waals surface area (Å²) in [6.07, 6.45) is 3.34. The lowest BCUT2D eigenvalue weighted by molar-refractivity contribution is 0.449. The Morgan fingerprint density at radius 3 is 2.65 bits per heavy atom. The van der Waals surface area contributed by atoms with E-state index in [1.807, 2.05) is 0 Å². The molecule has 0 saturated heterocycles. The van der Waals surface area contributed by atoms with Gasteiger partial charge in [-0.3, -0.25) is 0 Å². The number of benzene rings is 1. The number of rotatable bonds is 4. The zero-order valence-corrected chi connectivity index (χ0v) is 10.2. The Labute approximate surface area is 112 Å². The van der Waals surface area contributed by atoms with E-state index in [1.165, 1.54) is 6.20 Å². The fourth-order valence-electron chi connectivity index (χ4n) is 1.60. The molecule has 3 rings (SSSR count). The van der Waals surface area contributed by atoms with Gasteiger partial charge in [0, 0.05) is 6.04 Å². The Morgan fingerprint density at radius 1 is 1.10 bits per heavy atom. The van der Waals surface area contributed by atoms with Crippen molar-refractivity contribution in [2.75, 3.05) is 10.6 Å². The standard InChI is InChI=1S/C12H10F3N5/c13-7-3-4-8(11(15)10(7)14)18-9-5-16-20-12(19-9)17-6-1-2-6/h3-6H,1-2H2,(H2,17,18,19,20). The van der Waals surface area contributed by atoms with Crippen LogP contribution in [-0.4, -0.2) is 21.2 Å². The number of aromatic nitrogens is 3. The van der Waals surface area contributed by atoms with Crippen molar-refractivity contribution in [3.63, 3.8) is 0 Å². The van der Waals surface area contributed by atoms with Crippen LogP contribution in [-0.2, 0) is 0 Å². The summed E-state index contributed by atoms with van der Waals surface area (Å²) in [5, 5.41) is 13.0. The second-order valence-corrected chi connectivity index (χ2v) is 4.43. The Kier molecular flexibility index (Phi) is 3.13. The third kappa shape index (κ3) is 2.63. The number of hydrogen-bond donors (Lipinski definition) is 2. The third-order valence-electron chi connectivity index (χ3n) is 2.77. The summed E-state index contributed by atoms with van der Waals surface area (Å²) in [6, 6.07) is 2.26. The molecular weight excluding hydrogens is 271 g/mol. The molecule has 1 fully saturated rings. The van der Waals surface area contributed by atoms with Crippen molar-refractivity contribution in [2.45, 2.75) is 18.9 Å². The molecular formula is C12H10F3N5. The molecule has 0 bridgehead atoms. The van der Waals surface area contributed by atoms with Crippen LogP contribution < -0.4 is 10.6 Å². The van der Waals surface area contributed by atoms with E-state index in [-0.39, 0.29) is 11.5 Å². The maximum Gasteiger partial charge on any atom is 0.244 e. The first-order valence-electron chi connectivity index (χ1n) is 6.00. The van der Waals surface area contributed by atoms with Crippen LogP contribution in [0.1, 0.15) is 12.8 Å².